The molecule has 0 saturated heterocycles. The molecule has 0 aliphatic heterocycles. The number of nitrogens with zero attached hydrogens (tertiary/aromatic N) is 1. The Balaban J connectivity index is 0.00000242. The molecule has 0 fully saturated rings. The fourth-order valence-electron chi connectivity index (χ4n) is 2.24. The standard InChI is InChI=1S/C17H17N2O2.W/c1-5-12-14(18)8-15(19-16(12)17(20)21)13-7-10(3)9(2)6-11(13)4;/h5-6,8H,1H2,2-4H3,(H2,18,19)(H,20,21);/q-1;. The van der Waals surface area contributed by atoms with E-state index < -0.39 is 5.97 Å². The second-order valence-electron chi connectivity index (χ2n) is 5.00. The minimum atomic E-state index is -1.13. The molecule has 2 rings (SSSR count). The maximum Gasteiger partial charge on any atom is 0.354 e. The summed E-state index contributed by atoms with van der Waals surface area (Å²) in [6.07, 6.45) is 1.41. The van der Waals surface area contributed by atoms with E-state index in [1.165, 1.54) is 6.08 Å². The van der Waals surface area contributed by atoms with Gasteiger partial charge in [0, 0.05) is 32.3 Å². The minimum absolute atomic E-state index is 0. The molecule has 3 N–H and O–H groups in total. The van der Waals surface area contributed by atoms with Gasteiger partial charge in [-0.2, -0.15) is 0 Å². The van der Waals surface area contributed by atoms with E-state index in [-0.39, 0.29) is 26.8 Å². The predicted molar refractivity (Wildman–Crippen MR) is 84.2 cm³/mol. The average Bonchev–Trinajstić information content (AvgIpc) is 2.41. The minimum Gasteiger partial charge on any atom is -0.477 e. The maximum atomic E-state index is 11.3. The van der Waals surface area contributed by atoms with Crippen molar-refractivity contribution in [2.45, 2.75) is 20.8 Å². The number of aryl methyl sites for hydroxylation is 3. The quantitative estimate of drug-likeness (QED) is 0.682. The number of nitrogen functional groups attached to an aromatic ring is 1. The van der Waals surface area contributed by atoms with Crippen molar-refractivity contribution in [1.82, 2.24) is 4.98 Å². The van der Waals surface area contributed by atoms with Gasteiger partial charge in [-0.3, -0.25) is 4.98 Å². The number of benzene rings is 1. The molecule has 0 radical (unpaired) electrons. The third-order valence-electron chi connectivity index (χ3n) is 3.48. The first kappa shape index (κ1) is 18.1. The number of pyridine rings is 1. The monoisotopic (exact) mass is 465 g/mol. The van der Waals surface area contributed by atoms with Crippen molar-refractivity contribution in [2.24, 2.45) is 0 Å². The third kappa shape index (κ3) is 3.28. The molecule has 0 amide bonds. The number of carboxylic acid groups (broad SMARTS) is 1. The second kappa shape index (κ2) is 6.89. The van der Waals surface area contributed by atoms with E-state index in [0.29, 0.717) is 16.9 Å². The molecule has 0 spiro atoms. The van der Waals surface area contributed by atoms with Gasteiger partial charge in [0.2, 0.25) is 0 Å². The summed E-state index contributed by atoms with van der Waals surface area (Å²) < 4.78 is 0. The zero-order valence-corrected chi connectivity index (χ0v) is 15.7. The molecule has 22 heavy (non-hydrogen) atoms. The van der Waals surface area contributed by atoms with Crippen LogP contribution in [-0.4, -0.2) is 16.1 Å². The van der Waals surface area contributed by atoms with Gasteiger partial charge < -0.3 is 10.8 Å². The molecule has 0 unspecified atom stereocenters. The van der Waals surface area contributed by atoms with Crippen LogP contribution in [0.25, 0.3) is 17.3 Å². The Morgan fingerprint density at radius 3 is 2.50 bits per heavy atom. The molecule has 0 saturated carbocycles. The number of aromatic carboxylic acids is 1. The van der Waals surface area contributed by atoms with Gasteiger partial charge in [-0.05, 0) is 5.69 Å². The SMILES string of the molecule is C=Cc1c(N)cc(-c2[c-]c(C)c(C)cc2C)nc1C(=O)O.[W]. The van der Waals surface area contributed by atoms with E-state index >= 15 is 0 Å². The van der Waals surface area contributed by atoms with Crippen LogP contribution in [0.4, 0.5) is 5.69 Å². The van der Waals surface area contributed by atoms with E-state index in [1.54, 1.807) is 6.07 Å². The summed E-state index contributed by atoms with van der Waals surface area (Å²) >= 11 is 0. The van der Waals surface area contributed by atoms with E-state index in [4.69, 9.17) is 5.73 Å². The van der Waals surface area contributed by atoms with Crippen LogP contribution < -0.4 is 5.73 Å². The van der Waals surface area contributed by atoms with Crippen LogP contribution in [0.2, 0.25) is 0 Å². The summed E-state index contributed by atoms with van der Waals surface area (Å²) in [6, 6.07) is 6.95. The number of carboxylic acids is 1. The molecule has 1 heterocycles. The molecule has 0 aliphatic rings. The molecule has 0 bridgehead atoms. The van der Waals surface area contributed by atoms with Crippen molar-refractivity contribution in [1.29, 1.82) is 0 Å². The molecular formula is C17H17N2O2W-. The molecule has 0 atom stereocenters. The van der Waals surface area contributed by atoms with Crippen molar-refractivity contribution in [3.8, 4) is 11.3 Å². The van der Waals surface area contributed by atoms with E-state index in [0.717, 1.165) is 22.3 Å². The first-order valence-corrected chi connectivity index (χ1v) is 6.52. The molecule has 0 aliphatic carbocycles. The molecule has 4 nitrogen and oxygen atoms in total. The normalized spacial score (nSPS) is 9.95. The van der Waals surface area contributed by atoms with Gasteiger partial charge in [-0.1, -0.05) is 39.5 Å². The first-order chi connectivity index (χ1) is 9.85. The van der Waals surface area contributed by atoms with E-state index in [1.807, 2.05) is 26.8 Å². The fraction of sp³-hybridized carbons (Fsp3) is 0.176. The number of anilines is 1. The number of aromatic nitrogens is 1. The summed E-state index contributed by atoms with van der Waals surface area (Å²) in [5.41, 5.74) is 10.9. The Bertz CT molecular complexity index is 755. The number of carbonyl (C=O) groups is 1. The van der Waals surface area contributed by atoms with Crippen LogP contribution in [0.5, 0.6) is 0 Å². The summed E-state index contributed by atoms with van der Waals surface area (Å²) in [5, 5.41) is 9.28. The van der Waals surface area contributed by atoms with Crippen molar-refractivity contribution in [2.75, 3.05) is 5.73 Å². The number of rotatable bonds is 3. The van der Waals surface area contributed by atoms with Crippen LogP contribution >= 0.6 is 0 Å². The summed E-state index contributed by atoms with van der Waals surface area (Å²) in [5.74, 6) is -1.13. The van der Waals surface area contributed by atoms with Crippen molar-refractivity contribution < 1.29 is 31.0 Å². The van der Waals surface area contributed by atoms with Crippen molar-refractivity contribution in [3.05, 3.63) is 52.7 Å². The van der Waals surface area contributed by atoms with Crippen LogP contribution in [0, 0.1) is 26.8 Å². The summed E-state index contributed by atoms with van der Waals surface area (Å²) in [6.45, 7) is 9.50. The van der Waals surface area contributed by atoms with Crippen LogP contribution in [0.1, 0.15) is 32.7 Å². The molecular weight excluding hydrogens is 448 g/mol. The zero-order valence-electron chi connectivity index (χ0n) is 12.7. The third-order valence-corrected chi connectivity index (χ3v) is 3.48. The Kier molecular flexibility index (Phi) is 5.67. The fourth-order valence-corrected chi connectivity index (χ4v) is 2.24. The summed E-state index contributed by atoms with van der Waals surface area (Å²) in [7, 11) is 0. The Morgan fingerprint density at radius 1 is 1.32 bits per heavy atom. The van der Waals surface area contributed by atoms with Crippen LogP contribution in [-0.2, 0) is 21.1 Å². The Labute approximate surface area is 144 Å². The topological polar surface area (TPSA) is 76.2 Å². The van der Waals surface area contributed by atoms with Gasteiger partial charge in [0.05, 0.1) is 0 Å². The van der Waals surface area contributed by atoms with Crippen molar-refractivity contribution >= 4 is 17.7 Å². The van der Waals surface area contributed by atoms with E-state index in [2.05, 4.69) is 17.6 Å². The Hall–Kier alpha value is -1.93. The van der Waals surface area contributed by atoms with Gasteiger partial charge in [0.25, 0.3) is 0 Å². The Morgan fingerprint density at radius 2 is 1.95 bits per heavy atom. The maximum absolute atomic E-state index is 11.3. The second-order valence-corrected chi connectivity index (χ2v) is 5.00. The van der Waals surface area contributed by atoms with Crippen LogP contribution in [0.3, 0.4) is 0 Å². The smallest absolute Gasteiger partial charge is 0.354 e. The zero-order chi connectivity index (χ0) is 15.7. The molecule has 114 valence electrons. The number of hydrogen-bond acceptors (Lipinski definition) is 3. The van der Waals surface area contributed by atoms with Gasteiger partial charge in [-0.25, -0.2) is 4.79 Å². The van der Waals surface area contributed by atoms with Gasteiger partial charge in [0.15, 0.2) is 0 Å². The number of nitrogens with two attached hydrogens (primary N) is 1. The predicted octanol–water partition coefficient (Wildman–Crippen LogP) is 3.39. The largest absolute Gasteiger partial charge is 0.477 e. The van der Waals surface area contributed by atoms with Gasteiger partial charge in [-0.15, -0.1) is 34.4 Å². The molecule has 2 aromatic rings. The molecule has 1 aromatic heterocycles. The average molecular weight is 465 g/mol. The number of hydrogen-bond donors (Lipinski definition) is 2. The van der Waals surface area contributed by atoms with Crippen LogP contribution in [0.15, 0.2) is 18.7 Å². The molecule has 5 heteroatoms. The van der Waals surface area contributed by atoms with Crippen molar-refractivity contribution in [3.63, 3.8) is 0 Å². The van der Waals surface area contributed by atoms with Gasteiger partial charge in [0.1, 0.15) is 5.69 Å². The first-order valence-electron chi connectivity index (χ1n) is 6.52. The molecule has 1 aromatic carbocycles. The summed E-state index contributed by atoms with van der Waals surface area (Å²) in [4.78, 5) is 15.6. The van der Waals surface area contributed by atoms with Gasteiger partial charge >= 0.3 is 5.97 Å². The van der Waals surface area contributed by atoms with E-state index in [9.17, 15) is 9.90 Å².